The molecule has 1 aromatic heterocycles. The molecule has 1 aliphatic carbocycles. The molecule has 1 fully saturated rings. The molecule has 0 spiro atoms. The fourth-order valence-corrected chi connectivity index (χ4v) is 2.01. The van der Waals surface area contributed by atoms with Gasteiger partial charge in [-0.05, 0) is 30.7 Å². The van der Waals surface area contributed by atoms with Crippen molar-refractivity contribution in [1.82, 2.24) is 9.55 Å². The predicted octanol–water partition coefficient (Wildman–Crippen LogP) is 1.05. The lowest BCUT2D eigenvalue weighted by Crippen LogP contribution is -2.30. The molecular formula is C13H22N4O. The van der Waals surface area contributed by atoms with Crippen LogP contribution in [-0.4, -0.2) is 22.6 Å². The Morgan fingerprint density at radius 3 is 2.83 bits per heavy atom. The van der Waals surface area contributed by atoms with E-state index in [9.17, 15) is 4.79 Å². The second-order valence-corrected chi connectivity index (χ2v) is 5.68. The van der Waals surface area contributed by atoms with E-state index in [0.717, 1.165) is 25.9 Å². The number of anilines is 1. The van der Waals surface area contributed by atoms with Crippen LogP contribution in [0.5, 0.6) is 0 Å². The number of nitrogens with two attached hydrogens (primary N) is 1. The predicted molar refractivity (Wildman–Crippen MR) is 72.5 cm³/mol. The van der Waals surface area contributed by atoms with Crippen LogP contribution >= 0.6 is 0 Å². The summed E-state index contributed by atoms with van der Waals surface area (Å²) in [7, 11) is 0. The monoisotopic (exact) mass is 250 g/mol. The standard InChI is InChI=1S/C13H22N4O/c1-10(2)7-17-6-5-15-11(12(17)18)16-9-13(8-14)3-4-13/h5-6,10H,3-4,7-9,14H2,1-2H3,(H,15,16). The molecule has 0 aliphatic heterocycles. The minimum absolute atomic E-state index is 0.0426. The average Bonchev–Trinajstić information content (AvgIpc) is 3.10. The van der Waals surface area contributed by atoms with E-state index < -0.39 is 0 Å². The number of aromatic nitrogens is 2. The zero-order valence-electron chi connectivity index (χ0n) is 11.1. The van der Waals surface area contributed by atoms with Crippen molar-refractivity contribution < 1.29 is 0 Å². The Bertz CT molecular complexity index is 462. The quantitative estimate of drug-likeness (QED) is 0.791. The summed E-state index contributed by atoms with van der Waals surface area (Å²) in [4.78, 5) is 16.3. The summed E-state index contributed by atoms with van der Waals surface area (Å²) in [6.07, 6.45) is 5.70. The van der Waals surface area contributed by atoms with Gasteiger partial charge >= 0.3 is 0 Å². The number of nitrogens with one attached hydrogen (secondary N) is 1. The van der Waals surface area contributed by atoms with E-state index in [4.69, 9.17) is 5.73 Å². The summed E-state index contributed by atoms with van der Waals surface area (Å²) in [6.45, 7) is 6.32. The fourth-order valence-electron chi connectivity index (χ4n) is 2.01. The fraction of sp³-hybridized carbons (Fsp3) is 0.692. The summed E-state index contributed by atoms with van der Waals surface area (Å²) in [5, 5.41) is 3.16. The summed E-state index contributed by atoms with van der Waals surface area (Å²) < 4.78 is 1.71. The Morgan fingerprint density at radius 2 is 2.28 bits per heavy atom. The van der Waals surface area contributed by atoms with Gasteiger partial charge in [0.25, 0.3) is 5.56 Å². The average molecular weight is 250 g/mol. The molecule has 1 aliphatic rings. The van der Waals surface area contributed by atoms with Gasteiger partial charge in [0.05, 0.1) is 0 Å². The third kappa shape index (κ3) is 2.90. The number of hydrogen-bond acceptors (Lipinski definition) is 4. The first-order valence-corrected chi connectivity index (χ1v) is 6.56. The maximum atomic E-state index is 12.1. The molecule has 0 radical (unpaired) electrons. The van der Waals surface area contributed by atoms with Crippen LogP contribution in [0.2, 0.25) is 0 Å². The van der Waals surface area contributed by atoms with Gasteiger partial charge in [-0.1, -0.05) is 13.8 Å². The molecule has 2 rings (SSSR count). The van der Waals surface area contributed by atoms with E-state index in [2.05, 4.69) is 24.1 Å². The van der Waals surface area contributed by atoms with Gasteiger partial charge in [-0.3, -0.25) is 4.79 Å². The molecule has 0 saturated heterocycles. The first-order valence-electron chi connectivity index (χ1n) is 6.56. The zero-order chi connectivity index (χ0) is 13.2. The van der Waals surface area contributed by atoms with E-state index >= 15 is 0 Å². The summed E-state index contributed by atoms with van der Waals surface area (Å²) in [5.41, 5.74) is 5.88. The third-order valence-corrected chi connectivity index (χ3v) is 3.50. The minimum Gasteiger partial charge on any atom is -0.365 e. The molecule has 3 N–H and O–H groups in total. The van der Waals surface area contributed by atoms with E-state index in [0.29, 0.717) is 18.3 Å². The van der Waals surface area contributed by atoms with E-state index in [1.807, 2.05) is 0 Å². The maximum Gasteiger partial charge on any atom is 0.293 e. The van der Waals surface area contributed by atoms with Gasteiger partial charge in [-0.25, -0.2) is 4.98 Å². The lowest BCUT2D eigenvalue weighted by Gasteiger charge is -2.14. The highest BCUT2D eigenvalue weighted by Gasteiger charge is 2.41. The molecule has 18 heavy (non-hydrogen) atoms. The van der Waals surface area contributed by atoms with Gasteiger partial charge in [-0.2, -0.15) is 0 Å². The van der Waals surface area contributed by atoms with E-state index in [1.165, 1.54) is 0 Å². The van der Waals surface area contributed by atoms with Crippen LogP contribution in [0.15, 0.2) is 17.2 Å². The van der Waals surface area contributed by atoms with Gasteiger partial charge in [0.1, 0.15) is 0 Å². The first kappa shape index (κ1) is 13.1. The van der Waals surface area contributed by atoms with Crippen molar-refractivity contribution in [3.63, 3.8) is 0 Å². The van der Waals surface area contributed by atoms with Crippen molar-refractivity contribution in [1.29, 1.82) is 0 Å². The lowest BCUT2D eigenvalue weighted by atomic mass is 10.1. The molecule has 1 heterocycles. The molecule has 0 bridgehead atoms. The Labute approximate surface area is 107 Å². The molecular weight excluding hydrogens is 228 g/mol. The van der Waals surface area contributed by atoms with Gasteiger partial charge in [-0.15, -0.1) is 0 Å². The number of hydrogen-bond donors (Lipinski definition) is 2. The van der Waals surface area contributed by atoms with Crippen LogP contribution in [0.1, 0.15) is 26.7 Å². The van der Waals surface area contributed by atoms with Gasteiger partial charge in [0, 0.05) is 25.5 Å². The Kier molecular flexibility index (Phi) is 3.71. The van der Waals surface area contributed by atoms with Crippen LogP contribution < -0.4 is 16.6 Å². The van der Waals surface area contributed by atoms with Gasteiger partial charge in [0.2, 0.25) is 0 Å². The second kappa shape index (κ2) is 5.10. The van der Waals surface area contributed by atoms with Crippen molar-refractivity contribution in [3.8, 4) is 0 Å². The van der Waals surface area contributed by atoms with E-state index in [-0.39, 0.29) is 11.0 Å². The largest absolute Gasteiger partial charge is 0.365 e. The van der Waals surface area contributed by atoms with Crippen molar-refractivity contribution in [2.45, 2.75) is 33.2 Å². The van der Waals surface area contributed by atoms with Crippen LogP contribution in [0.25, 0.3) is 0 Å². The highest BCUT2D eigenvalue weighted by molar-refractivity contribution is 5.31. The SMILES string of the molecule is CC(C)Cn1ccnc(NCC2(CN)CC2)c1=O. The second-order valence-electron chi connectivity index (χ2n) is 5.68. The molecule has 0 unspecified atom stereocenters. The van der Waals surface area contributed by atoms with Gasteiger partial charge < -0.3 is 15.6 Å². The Hall–Kier alpha value is -1.36. The van der Waals surface area contributed by atoms with Crippen LogP contribution in [0, 0.1) is 11.3 Å². The molecule has 1 aromatic rings. The third-order valence-electron chi connectivity index (χ3n) is 3.50. The van der Waals surface area contributed by atoms with Gasteiger partial charge in [0.15, 0.2) is 5.82 Å². The highest BCUT2D eigenvalue weighted by Crippen LogP contribution is 2.44. The Morgan fingerprint density at radius 1 is 1.56 bits per heavy atom. The minimum atomic E-state index is -0.0426. The molecule has 5 nitrogen and oxygen atoms in total. The maximum absolute atomic E-state index is 12.1. The zero-order valence-corrected chi connectivity index (χ0v) is 11.1. The van der Waals surface area contributed by atoms with Crippen molar-refractivity contribution >= 4 is 5.82 Å². The number of nitrogens with zero attached hydrogens (tertiary/aromatic N) is 2. The molecule has 0 atom stereocenters. The smallest absolute Gasteiger partial charge is 0.293 e. The van der Waals surface area contributed by atoms with Crippen molar-refractivity contribution in [3.05, 3.63) is 22.7 Å². The lowest BCUT2D eigenvalue weighted by molar-refractivity contribution is 0.508. The Balaban J connectivity index is 2.06. The molecule has 0 aromatic carbocycles. The summed E-state index contributed by atoms with van der Waals surface area (Å²) >= 11 is 0. The normalized spacial score (nSPS) is 16.9. The molecule has 100 valence electrons. The van der Waals surface area contributed by atoms with Crippen LogP contribution in [0.4, 0.5) is 5.82 Å². The first-order chi connectivity index (χ1) is 8.56. The highest BCUT2D eigenvalue weighted by atomic mass is 16.1. The summed E-state index contributed by atoms with van der Waals surface area (Å²) in [6, 6.07) is 0. The number of rotatable bonds is 6. The van der Waals surface area contributed by atoms with Crippen molar-refractivity contribution in [2.24, 2.45) is 17.1 Å². The molecule has 1 saturated carbocycles. The van der Waals surface area contributed by atoms with Crippen LogP contribution in [-0.2, 0) is 6.54 Å². The molecule has 0 amide bonds. The van der Waals surface area contributed by atoms with Crippen LogP contribution in [0.3, 0.4) is 0 Å². The molecule has 5 heteroatoms. The summed E-state index contributed by atoms with van der Waals surface area (Å²) in [5.74, 6) is 0.884. The van der Waals surface area contributed by atoms with E-state index in [1.54, 1.807) is 17.0 Å². The van der Waals surface area contributed by atoms with Crippen molar-refractivity contribution in [2.75, 3.05) is 18.4 Å². The topological polar surface area (TPSA) is 72.9 Å².